The molecule has 0 fully saturated rings. The van der Waals surface area contributed by atoms with E-state index in [4.69, 9.17) is 11.6 Å². The maximum absolute atomic E-state index is 12.0. The zero-order valence-electron chi connectivity index (χ0n) is 13.7. The van der Waals surface area contributed by atoms with Gasteiger partial charge in [-0.3, -0.25) is 9.48 Å². The highest BCUT2D eigenvalue weighted by Crippen LogP contribution is 2.18. The Labute approximate surface area is 144 Å². The monoisotopic (exact) mass is 346 g/mol. The summed E-state index contributed by atoms with van der Waals surface area (Å²) < 4.78 is 3.47. The number of nitrogens with one attached hydrogen (secondary N) is 1. The minimum absolute atomic E-state index is 0.0861. The Balaban J connectivity index is 1.48. The first kappa shape index (κ1) is 16.4. The van der Waals surface area contributed by atoms with Crippen LogP contribution in [0.15, 0.2) is 24.3 Å². The van der Waals surface area contributed by atoms with Crippen molar-refractivity contribution in [1.29, 1.82) is 0 Å². The third-order valence-electron chi connectivity index (χ3n) is 3.88. The van der Waals surface area contributed by atoms with Gasteiger partial charge in [-0.15, -0.1) is 5.10 Å². The average molecular weight is 347 g/mol. The van der Waals surface area contributed by atoms with Crippen LogP contribution in [0.2, 0.25) is 5.02 Å². The third-order valence-corrected chi connectivity index (χ3v) is 4.42. The number of aromatic nitrogens is 5. The van der Waals surface area contributed by atoms with Crippen molar-refractivity contribution in [3.63, 3.8) is 0 Å². The molecule has 0 aliphatic heterocycles. The van der Waals surface area contributed by atoms with E-state index in [9.17, 15) is 4.79 Å². The summed E-state index contributed by atoms with van der Waals surface area (Å²) in [7, 11) is 0. The van der Waals surface area contributed by atoms with Crippen LogP contribution in [-0.2, 0) is 17.9 Å². The molecule has 0 aliphatic rings. The number of carbonyl (C=O) groups excluding carboxylic acids is 1. The van der Waals surface area contributed by atoms with Crippen molar-refractivity contribution < 1.29 is 4.79 Å². The van der Waals surface area contributed by atoms with Crippen LogP contribution in [0.5, 0.6) is 0 Å². The Morgan fingerprint density at radius 1 is 1.25 bits per heavy atom. The van der Waals surface area contributed by atoms with Crippen LogP contribution in [0.4, 0.5) is 0 Å². The van der Waals surface area contributed by atoms with Crippen LogP contribution in [0.1, 0.15) is 17.8 Å². The van der Waals surface area contributed by atoms with Crippen LogP contribution >= 0.6 is 11.6 Å². The van der Waals surface area contributed by atoms with Crippen molar-refractivity contribution in [2.24, 2.45) is 0 Å². The molecule has 0 bridgehead atoms. The van der Waals surface area contributed by atoms with Gasteiger partial charge < -0.3 is 5.32 Å². The molecule has 2 heterocycles. The number of amides is 1. The molecule has 24 heavy (non-hydrogen) atoms. The summed E-state index contributed by atoms with van der Waals surface area (Å²) in [6.07, 6.45) is 0.780. The van der Waals surface area contributed by atoms with Gasteiger partial charge in [0.25, 0.3) is 0 Å². The smallest absolute Gasteiger partial charge is 0.241 e. The Hall–Kier alpha value is -2.41. The molecule has 126 valence electrons. The summed E-state index contributed by atoms with van der Waals surface area (Å²) in [6.45, 7) is 5.27. The van der Waals surface area contributed by atoms with Gasteiger partial charge in [-0.25, -0.2) is 4.68 Å². The van der Waals surface area contributed by atoms with E-state index in [-0.39, 0.29) is 12.5 Å². The molecule has 1 aromatic carbocycles. The fourth-order valence-corrected chi connectivity index (χ4v) is 2.71. The lowest BCUT2D eigenvalue weighted by atomic mass is 10.3. The number of nitrogens with zero attached hydrogens (tertiary/aromatic N) is 5. The van der Waals surface area contributed by atoms with Gasteiger partial charge in [0.1, 0.15) is 12.1 Å². The van der Waals surface area contributed by atoms with Gasteiger partial charge in [-0.05, 0) is 32.4 Å². The summed E-state index contributed by atoms with van der Waals surface area (Å²) >= 11 is 6.12. The summed E-state index contributed by atoms with van der Waals surface area (Å²) in [5.74, 6) is -0.0861. The van der Waals surface area contributed by atoms with Gasteiger partial charge in [-0.2, -0.15) is 5.10 Å². The van der Waals surface area contributed by atoms with Crippen LogP contribution in [0.3, 0.4) is 0 Å². The second kappa shape index (κ2) is 7.00. The number of rotatable bonds is 6. The normalized spacial score (nSPS) is 11.1. The quantitative estimate of drug-likeness (QED) is 0.693. The number of para-hydroxylation sites is 1. The van der Waals surface area contributed by atoms with Gasteiger partial charge in [0.15, 0.2) is 0 Å². The molecule has 0 saturated heterocycles. The Morgan fingerprint density at radius 2 is 2.04 bits per heavy atom. The number of hydrogen-bond acceptors (Lipinski definition) is 4. The van der Waals surface area contributed by atoms with Crippen molar-refractivity contribution in [2.45, 2.75) is 33.4 Å². The summed E-state index contributed by atoms with van der Waals surface area (Å²) in [6, 6.07) is 7.57. The first-order valence-electron chi connectivity index (χ1n) is 7.80. The number of benzene rings is 1. The van der Waals surface area contributed by atoms with E-state index in [1.807, 2.05) is 42.8 Å². The standard InChI is InChI=1S/C16H19ClN6O/c1-11-16(17)12(2)22(20-11)9-5-8-18-15(24)10-23-14-7-4-3-6-13(14)19-21-23/h3-4,6-7H,5,8-10H2,1-2H3,(H,18,24). The van der Waals surface area contributed by atoms with E-state index in [1.165, 1.54) is 0 Å². The molecule has 3 aromatic rings. The highest BCUT2D eigenvalue weighted by atomic mass is 35.5. The maximum Gasteiger partial charge on any atom is 0.241 e. The van der Waals surface area contributed by atoms with Crippen LogP contribution in [0, 0.1) is 13.8 Å². The largest absolute Gasteiger partial charge is 0.354 e. The molecule has 8 heteroatoms. The summed E-state index contributed by atoms with van der Waals surface area (Å²) in [5.41, 5.74) is 3.42. The highest BCUT2D eigenvalue weighted by Gasteiger charge is 2.10. The van der Waals surface area contributed by atoms with Gasteiger partial charge in [0.2, 0.25) is 5.91 Å². The van der Waals surface area contributed by atoms with Crippen molar-refractivity contribution in [1.82, 2.24) is 30.1 Å². The van der Waals surface area contributed by atoms with Crippen molar-refractivity contribution in [2.75, 3.05) is 6.54 Å². The van der Waals surface area contributed by atoms with Crippen LogP contribution in [-0.4, -0.2) is 37.2 Å². The molecule has 1 N–H and O–H groups in total. The molecule has 0 saturated carbocycles. The number of fused-ring (bicyclic) bond motifs is 1. The predicted molar refractivity (Wildman–Crippen MR) is 91.9 cm³/mol. The van der Waals surface area contributed by atoms with Crippen LogP contribution < -0.4 is 5.32 Å². The van der Waals surface area contributed by atoms with Crippen LogP contribution in [0.25, 0.3) is 11.0 Å². The van der Waals surface area contributed by atoms with E-state index < -0.39 is 0 Å². The minimum Gasteiger partial charge on any atom is -0.354 e. The van der Waals surface area contributed by atoms with E-state index in [1.54, 1.807) is 4.68 Å². The molecular weight excluding hydrogens is 328 g/mol. The van der Waals surface area contributed by atoms with Gasteiger partial charge >= 0.3 is 0 Å². The number of halogens is 1. The molecule has 0 spiro atoms. The molecular formula is C16H19ClN6O. The second-order valence-electron chi connectivity index (χ2n) is 5.65. The van der Waals surface area contributed by atoms with E-state index in [2.05, 4.69) is 20.7 Å². The highest BCUT2D eigenvalue weighted by molar-refractivity contribution is 6.31. The van der Waals surface area contributed by atoms with Gasteiger partial charge in [-0.1, -0.05) is 28.9 Å². The molecule has 1 amide bonds. The number of hydrogen-bond donors (Lipinski definition) is 1. The Kier molecular flexibility index (Phi) is 4.80. The minimum atomic E-state index is -0.0861. The zero-order chi connectivity index (χ0) is 17.1. The first-order chi connectivity index (χ1) is 11.6. The molecule has 2 aromatic heterocycles. The fraction of sp³-hybridized carbons (Fsp3) is 0.375. The molecule has 0 aliphatic carbocycles. The average Bonchev–Trinajstić information content (AvgIpc) is 3.09. The lowest BCUT2D eigenvalue weighted by molar-refractivity contribution is -0.121. The molecule has 3 rings (SSSR count). The summed E-state index contributed by atoms with van der Waals surface area (Å²) in [4.78, 5) is 12.0. The Bertz CT molecular complexity index is 869. The summed E-state index contributed by atoms with van der Waals surface area (Å²) in [5, 5.41) is 16.0. The fourth-order valence-electron chi connectivity index (χ4n) is 2.58. The predicted octanol–water partition coefficient (Wildman–Crippen LogP) is 2.10. The van der Waals surface area contributed by atoms with E-state index in [0.29, 0.717) is 18.1 Å². The van der Waals surface area contributed by atoms with E-state index in [0.717, 1.165) is 28.8 Å². The third kappa shape index (κ3) is 3.41. The number of carbonyl (C=O) groups is 1. The molecule has 0 atom stereocenters. The molecule has 0 unspecified atom stereocenters. The Morgan fingerprint density at radius 3 is 2.79 bits per heavy atom. The molecule has 0 radical (unpaired) electrons. The lowest BCUT2D eigenvalue weighted by Gasteiger charge is -2.07. The number of aryl methyl sites for hydroxylation is 2. The second-order valence-corrected chi connectivity index (χ2v) is 6.03. The van der Waals surface area contributed by atoms with Crippen molar-refractivity contribution >= 4 is 28.5 Å². The topological polar surface area (TPSA) is 77.6 Å². The van der Waals surface area contributed by atoms with Crippen molar-refractivity contribution in [3.05, 3.63) is 40.7 Å². The van der Waals surface area contributed by atoms with Gasteiger partial charge in [0.05, 0.1) is 21.9 Å². The lowest BCUT2D eigenvalue weighted by Crippen LogP contribution is -2.29. The SMILES string of the molecule is Cc1nn(CCCNC(=O)Cn2nnc3ccccc32)c(C)c1Cl. The first-order valence-corrected chi connectivity index (χ1v) is 8.18. The maximum atomic E-state index is 12.0. The van der Waals surface area contributed by atoms with Gasteiger partial charge in [0, 0.05) is 13.1 Å². The molecule has 7 nitrogen and oxygen atoms in total. The zero-order valence-corrected chi connectivity index (χ0v) is 14.4. The van der Waals surface area contributed by atoms with Crippen molar-refractivity contribution in [3.8, 4) is 0 Å². The van der Waals surface area contributed by atoms with E-state index >= 15 is 0 Å².